The van der Waals surface area contributed by atoms with Crippen molar-refractivity contribution >= 4 is 27.3 Å². The van der Waals surface area contributed by atoms with Gasteiger partial charge in [-0.15, -0.1) is 0 Å². The zero-order chi connectivity index (χ0) is 24.6. The molecule has 1 N–H and O–H groups in total. The second kappa shape index (κ2) is 8.77. The minimum absolute atomic E-state index is 0.0391. The molecule has 0 saturated heterocycles. The lowest BCUT2D eigenvalue weighted by Crippen LogP contribution is -2.29. The molecule has 1 aliphatic rings. The highest BCUT2D eigenvalue weighted by Crippen LogP contribution is 2.36. The second-order valence-corrected chi connectivity index (χ2v) is 9.94. The summed E-state index contributed by atoms with van der Waals surface area (Å²) in [5.74, 6) is -1.73. The first-order valence-corrected chi connectivity index (χ1v) is 12.4. The molecule has 0 fully saturated rings. The van der Waals surface area contributed by atoms with Crippen LogP contribution in [0.15, 0.2) is 107 Å². The predicted octanol–water partition coefficient (Wildman–Crippen LogP) is 4.22. The molecule has 6 nitrogen and oxygen atoms in total. The van der Waals surface area contributed by atoms with Gasteiger partial charge in [0, 0.05) is 23.2 Å². The molecule has 1 aliphatic carbocycles. The minimum Gasteiger partial charge on any atom is -0.348 e. The number of sulfone groups is 1. The Balaban J connectivity index is 1.71. The van der Waals surface area contributed by atoms with Gasteiger partial charge in [-0.3, -0.25) is 14.4 Å². The van der Waals surface area contributed by atoms with Gasteiger partial charge in [0.25, 0.3) is 5.91 Å². The van der Waals surface area contributed by atoms with Crippen molar-refractivity contribution in [3.05, 3.63) is 130 Å². The summed E-state index contributed by atoms with van der Waals surface area (Å²) in [7, 11) is -4.33. The van der Waals surface area contributed by atoms with E-state index in [1.54, 1.807) is 30.3 Å². The average Bonchev–Trinajstić information content (AvgIpc) is 2.90. The van der Waals surface area contributed by atoms with Crippen LogP contribution in [-0.2, 0) is 16.4 Å². The van der Waals surface area contributed by atoms with Crippen molar-refractivity contribution < 1.29 is 22.8 Å². The summed E-state index contributed by atoms with van der Waals surface area (Å²) in [6, 6.07) is 25.6. The Morgan fingerprint density at radius 2 is 1.23 bits per heavy atom. The molecule has 1 amide bonds. The summed E-state index contributed by atoms with van der Waals surface area (Å²) in [6.45, 7) is 0.164. The number of amides is 1. The Labute approximate surface area is 202 Å². The van der Waals surface area contributed by atoms with Crippen LogP contribution in [0.5, 0.6) is 0 Å². The van der Waals surface area contributed by atoms with Gasteiger partial charge in [-0.25, -0.2) is 8.42 Å². The molecule has 4 aromatic carbocycles. The van der Waals surface area contributed by atoms with Gasteiger partial charge < -0.3 is 5.32 Å². The topological polar surface area (TPSA) is 97.4 Å². The minimum atomic E-state index is -4.33. The summed E-state index contributed by atoms with van der Waals surface area (Å²) in [6.07, 6.45) is 0. The van der Waals surface area contributed by atoms with E-state index in [4.69, 9.17) is 0 Å². The molecule has 0 radical (unpaired) electrons. The number of hydrogen-bond acceptors (Lipinski definition) is 5. The van der Waals surface area contributed by atoms with Gasteiger partial charge in [0.2, 0.25) is 9.84 Å². The molecule has 172 valence electrons. The number of fused-ring (bicyclic) bond motifs is 2. The molecule has 0 atom stereocenters. The van der Waals surface area contributed by atoms with Crippen molar-refractivity contribution in [3.63, 3.8) is 0 Å². The Bertz CT molecular complexity index is 1590. The van der Waals surface area contributed by atoms with E-state index in [0.29, 0.717) is 0 Å². The fraction of sp³-hybridized carbons (Fsp3) is 0.0357. The maximum atomic E-state index is 13.8. The summed E-state index contributed by atoms with van der Waals surface area (Å²) < 4.78 is 27.7. The van der Waals surface area contributed by atoms with Crippen molar-refractivity contribution in [2.45, 2.75) is 16.3 Å². The van der Waals surface area contributed by atoms with Crippen LogP contribution in [0.2, 0.25) is 0 Å². The Morgan fingerprint density at radius 3 is 1.89 bits per heavy atom. The van der Waals surface area contributed by atoms with Gasteiger partial charge in [-0.05, 0) is 29.8 Å². The van der Waals surface area contributed by atoms with E-state index in [0.717, 1.165) is 5.56 Å². The van der Waals surface area contributed by atoms with Gasteiger partial charge in [0.1, 0.15) is 0 Å². The number of nitrogens with one attached hydrogen (secondary N) is 1. The maximum absolute atomic E-state index is 13.8. The van der Waals surface area contributed by atoms with E-state index in [1.807, 2.05) is 30.3 Å². The molecule has 35 heavy (non-hydrogen) atoms. The summed E-state index contributed by atoms with van der Waals surface area (Å²) in [5.41, 5.74) is 0.633. The normalized spacial score (nSPS) is 12.6. The highest BCUT2D eigenvalue weighted by atomic mass is 32.2. The second-order valence-electron chi connectivity index (χ2n) is 8.05. The monoisotopic (exact) mass is 481 g/mol. The molecular formula is C28H19NO5S. The van der Waals surface area contributed by atoms with E-state index in [2.05, 4.69) is 5.32 Å². The number of carbonyl (C=O) groups excluding carboxylic acids is 3. The third-order valence-corrected chi connectivity index (χ3v) is 7.76. The molecule has 0 aromatic heterocycles. The maximum Gasteiger partial charge on any atom is 0.252 e. The van der Waals surface area contributed by atoms with Gasteiger partial charge in [0.05, 0.1) is 20.9 Å². The number of ketones is 2. The van der Waals surface area contributed by atoms with Crippen molar-refractivity contribution in [2.24, 2.45) is 0 Å². The lowest BCUT2D eigenvalue weighted by atomic mass is 9.83. The molecule has 0 aliphatic heterocycles. The van der Waals surface area contributed by atoms with Gasteiger partial charge in [-0.2, -0.15) is 0 Å². The van der Waals surface area contributed by atoms with Crippen molar-refractivity contribution in [2.75, 3.05) is 0 Å². The quantitative estimate of drug-likeness (QED) is 0.405. The standard InChI is InChI=1S/C28H19NO5S/c30-25-20-13-7-8-14-21(20)26(31)24-22(25)15-16-23(28(32)29-17-18-9-3-1-4-10-18)27(24)35(33,34)19-11-5-2-6-12-19/h1-16H,17H2,(H,29,32). The molecule has 0 bridgehead atoms. The van der Waals surface area contributed by atoms with E-state index in [9.17, 15) is 22.8 Å². The fourth-order valence-electron chi connectivity index (χ4n) is 4.21. The molecule has 0 unspecified atom stereocenters. The lowest BCUT2D eigenvalue weighted by Gasteiger charge is -2.22. The van der Waals surface area contributed by atoms with Crippen LogP contribution in [0.1, 0.15) is 47.8 Å². The van der Waals surface area contributed by atoms with Crippen LogP contribution >= 0.6 is 0 Å². The van der Waals surface area contributed by atoms with E-state index < -0.39 is 32.2 Å². The molecule has 7 heteroatoms. The van der Waals surface area contributed by atoms with Crippen molar-refractivity contribution in [3.8, 4) is 0 Å². The van der Waals surface area contributed by atoms with E-state index >= 15 is 0 Å². The summed E-state index contributed by atoms with van der Waals surface area (Å²) in [5, 5.41) is 2.73. The van der Waals surface area contributed by atoms with Gasteiger partial charge >= 0.3 is 0 Å². The largest absolute Gasteiger partial charge is 0.348 e. The smallest absolute Gasteiger partial charge is 0.252 e. The van der Waals surface area contributed by atoms with Gasteiger partial charge in [-0.1, -0.05) is 72.8 Å². The Morgan fingerprint density at radius 1 is 0.657 bits per heavy atom. The van der Waals surface area contributed by atoms with Gasteiger partial charge in [0.15, 0.2) is 11.6 Å². The van der Waals surface area contributed by atoms with Crippen molar-refractivity contribution in [1.29, 1.82) is 0 Å². The average molecular weight is 482 g/mol. The van der Waals surface area contributed by atoms with Crippen LogP contribution in [-0.4, -0.2) is 25.9 Å². The molecule has 5 rings (SSSR count). The van der Waals surface area contributed by atoms with E-state index in [1.165, 1.54) is 36.4 Å². The molecule has 0 saturated carbocycles. The molecule has 0 heterocycles. The third kappa shape index (κ3) is 3.86. The first kappa shape index (κ1) is 22.4. The summed E-state index contributed by atoms with van der Waals surface area (Å²) >= 11 is 0. The SMILES string of the molecule is O=C1c2ccccc2C(=O)c2c1ccc(C(=O)NCc1ccccc1)c2S(=O)(=O)c1ccccc1. The van der Waals surface area contributed by atoms with E-state index in [-0.39, 0.29) is 39.3 Å². The molecule has 4 aromatic rings. The van der Waals surface area contributed by atoms with Crippen LogP contribution in [0, 0.1) is 0 Å². The zero-order valence-electron chi connectivity index (χ0n) is 18.4. The molecule has 0 spiro atoms. The van der Waals surface area contributed by atoms with Crippen LogP contribution in [0.4, 0.5) is 0 Å². The first-order chi connectivity index (χ1) is 16.9. The summed E-state index contributed by atoms with van der Waals surface area (Å²) in [4.78, 5) is 39.5. The predicted molar refractivity (Wildman–Crippen MR) is 129 cm³/mol. The number of rotatable bonds is 5. The number of carbonyl (C=O) groups is 3. The number of hydrogen-bond donors (Lipinski definition) is 1. The lowest BCUT2D eigenvalue weighted by molar-refractivity contribution is 0.0944. The highest BCUT2D eigenvalue weighted by molar-refractivity contribution is 7.91. The van der Waals surface area contributed by atoms with Crippen LogP contribution < -0.4 is 5.32 Å². The zero-order valence-corrected chi connectivity index (χ0v) is 19.2. The fourth-order valence-corrected chi connectivity index (χ4v) is 5.88. The Hall–Kier alpha value is -4.36. The number of benzene rings is 4. The van der Waals surface area contributed by atoms with Crippen molar-refractivity contribution in [1.82, 2.24) is 5.32 Å². The molecular weight excluding hydrogens is 462 g/mol. The first-order valence-electron chi connectivity index (χ1n) is 10.9. The van der Waals surface area contributed by atoms with Crippen LogP contribution in [0.3, 0.4) is 0 Å². The highest BCUT2D eigenvalue weighted by Gasteiger charge is 2.38. The Kier molecular flexibility index (Phi) is 5.62. The third-order valence-electron chi connectivity index (χ3n) is 5.91. The van der Waals surface area contributed by atoms with Crippen LogP contribution in [0.25, 0.3) is 0 Å².